The molecule has 0 fully saturated rings. The SMILES string of the molecule is CCCOc1ccc(CNc2ncn[nH]2)cc1OC. The van der Waals surface area contributed by atoms with Crippen LogP contribution in [0, 0.1) is 0 Å². The summed E-state index contributed by atoms with van der Waals surface area (Å²) in [6, 6.07) is 5.87. The third-order valence-electron chi connectivity index (χ3n) is 2.56. The number of hydrogen-bond acceptors (Lipinski definition) is 5. The smallest absolute Gasteiger partial charge is 0.218 e. The van der Waals surface area contributed by atoms with Crippen LogP contribution < -0.4 is 14.8 Å². The summed E-state index contributed by atoms with van der Waals surface area (Å²) in [6.07, 6.45) is 2.43. The fourth-order valence-corrected chi connectivity index (χ4v) is 1.63. The van der Waals surface area contributed by atoms with Gasteiger partial charge < -0.3 is 14.8 Å². The predicted octanol–water partition coefficient (Wildman–Crippen LogP) is 2.21. The van der Waals surface area contributed by atoms with E-state index < -0.39 is 0 Å². The summed E-state index contributed by atoms with van der Waals surface area (Å²) in [5, 5.41) is 9.65. The van der Waals surface area contributed by atoms with Crippen LogP contribution in [0.2, 0.25) is 0 Å². The molecule has 0 atom stereocenters. The molecule has 2 N–H and O–H groups in total. The molecule has 6 nitrogen and oxygen atoms in total. The summed E-state index contributed by atoms with van der Waals surface area (Å²) in [7, 11) is 1.64. The number of aromatic amines is 1. The van der Waals surface area contributed by atoms with Crippen molar-refractivity contribution in [3.05, 3.63) is 30.1 Å². The number of rotatable bonds is 7. The van der Waals surface area contributed by atoms with Gasteiger partial charge in [-0.25, -0.2) is 10.1 Å². The largest absolute Gasteiger partial charge is 0.493 e. The van der Waals surface area contributed by atoms with Crippen LogP contribution in [-0.2, 0) is 6.54 Å². The molecule has 2 rings (SSSR count). The molecule has 0 aliphatic heterocycles. The van der Waals surface area contributed by atoms with E-state index in [2.05, 4.69) is 27.4 Å². The molecule has 0 amide bonds. The Morgan fingerprint density at radius 1 is 1.32 bits per heavy atom. The summed E-state index contributed by atoms with van der Waals surface area (Å²) < 4.78 is 10.9. The highest BCUT2D eigenvalue weighted by atomic mass is 16.5. The van der Waals surface area contributed by atoms with Crippen LogP contribution >= 0.6 is 0 Å². The fourth-order valence-electron chi connectivity index (χ4n) is 1.63. The maximum Gasteiger partial charge on any atom is 0.218 e. The lowest BCUT2D eigenvalue weighted by Gasteiger charge is -2.11. The van der Waals surface area contributed by atoms with Crippen LogP contribution in [0.25, 0.3) is 0 Å². The van der Waals surface area contributed by atoms with E-state index in [1.165, 1.54) is 6.33 Å². The molecular formula is C13H18N4O2. The van der Waals surface area contributed by atoms with Crippen molar-refractivity contribution >= 4 is 5.95 Å². The van der Waals surface area contributed by atoms with Gasteiger partial charge in [0.25, 0.3) is 0 Å². The Balaban J connectivity index is 2.01. The van der Waals surface area contributed by atoms with Gasteiger partial charge in [0.2, 0.25) is 5.95 Å². The number of methoxy groups -OCH3 is 1. The highest BCUT2D eigenvalue weighted by molar-refractivity contribution is 5.43. The van der Waals surface area contributed by atoms with Crippen molar-refractivity contribution in [2.24, 2.45) is 0 Å². The number of aromatic nitrogens is 3. The van der Waals surface area contributed by atoms with Gasteiger partial charge in [-0.1, -0.05) is 13.0 Å². The Morgan fingerprint density at radius 3 is 2.89 bits per heavy atom. The standard InChI is InChI=1S/C13H18N4O2/c1-3-6-19-11-5-4-10(7-12(11)18-2)8-14-13-15-9-16-17-13/h4-5,7,9H,3,6,8H2,1-2H3,(H2,14,15,16,17). The van der Waals surface area contributed by atoms with Crippen LogP contribution in [0.5, 0.6) is 11.5 Å². The summed E-state index contributed by atoms with van der Waals surface area (Å²) in [5.41, 5.74) is 1.08. The third-order valence-corrected chi connectivity index (χ3v) is 2.56. The first kappa shape index (κ1) is 13.2. The van der Waals surface area contributed by atoms with Gasteiger partial charge in [0, 0.05) is 6.54 Å². The number of H-pyrrole nitrogens is 1. The first-order valence-electron chi connectivity index (χ1n) is 6.22. The zero-order chi connectivity index (χ0) is 13.5. The maximum absolute atomic E-state index is 5.61. The number of nitrogens with zero attached hydrogens (tertiary/aromatic N) is 2. The lowest BCUT2D eigenvalue weighted by atomic mass is 10.2. The Morgan fingerprint density at radius 2 is 2.21 bits per heavy atom. The van der Waals surface area contributed by atoms with Gasteiger partial charge in [-0.05, 0) is 24.1 Å². The minimum atomic E-state index is 0.639. The molecule has 0 bridgehead atoms. The maximum atomic E-state index is 5.61. The summed E-state index contributed by atoms with van der Waals surface area (Å²) in [5.74, 6) is 2.16. The van der Waals surface area contributed by atoms with E-state index in [9.17, 15) is 0 Å². The quantitative estimate of drug-likeness (QED) is 0.800. The molecule has 6 heteroatoms. The van der Waals surface area contributed by atoms with Crippen molar-refractivity contribution in [1.29, 1.82) is 0 Å². The number of nitrogens with one attached hydrogen (secondary N) is 2. The first-order valence-corrected chi connectivity index (χ1v) is 6.22. The molecule has 0 spiro atoms. The van der Waals surface area contributed by atoms with Crippen LogP contribution in [0.3, 0.4) is 0 Å². The van der Waals surface area contributed by atoms with Gasteiger partial charge in [-0.3, -0.25) is 0 Å². The Kier molecular flexibility index (Phi) is 4.60. The summed E-state index contributed by atoms with van der Waals surface area (Å²) in [4.78, 5) is 4.00. The van der Waals surface area contributed by atoms with Crippen LogP contribution in [0.15, 0.2) is 24.5 Å². The van der Waals surface area contributed by atoms with Gasteiger partial charge in [-0.2, -0.15) is 5.10 Å². The molecule has 0 aliphatic rings. The Hall–Kier alpha value is -2.24. The summed E-state index contributed by atoms with van der Waals surface area (Å²) >= 11 is 0. The molecule has 2 aromatic rings. The van der Waals surface area contributed by atoms with Crippen molar-refractivity contribution in [3.63, 3.8) is 0 Å². The molecule has 1 aromatic carbocycles. The second-order valence-corrected chi connectivity index (χ2v) is 4.02. The van der Waals surface area contributed by atoms with Crippen molar-refractivity contribution in [2.45, 2.75) is 19.9 Å². The number of hydrogen-bond donors (Lipinski definition) is 2. The van der Waals surface area contributed by atoms with Crippen LogP contribution in [0.4, 0.5) is 5.95 Å². The number of ether oxygens (including phenoxy) is 2. The zero-order valence-electron chi connectivity index (χ0n) is 11.1. The van der Waals surface area contributed by atoms with Gasteiger partial charge in [0.15, 0.2) is 11.5 Å². The lowest BCUT2D eigenvalue weighted by Crippen LogP contribution is -2.03. The normalized spacial score (nSPS) is 10.2. The second-order valence-electron chi connectivity index (χ2n) is 4.02. The molecule has 0 aliphatic carbocycles. The van der Waals surface area contributed by atoms with Crippen molar-refractivity contribution in [2.75, 3.05) is 19.0 Å². The summed E-state index contributed by atoms with van der Waals surface area (Å²) in [6.45, 7) is 3.40. The molecule has 0 saturated carbocycles. The van der Waals surface area contributed by atoms with Crippen molar-refractivity contribution in [3.8, 4) is 11.5 Å². The molecule has 19 heavy (non-hydrogen) atoms. The highest BCUT2D eigenvalue weighted by Crippen LogP contribution is 2.28. The number of benzene rings is 1. The van der Waals surface area contributed by atoms with Crippen LogP contribution in [0.1, 0.15) is 18.9 Å². The number of anilines is 1. The molecule has 102 valence electrons. The van der Waals surface area contributed by atoms with Gasteiger partial charge in [0.05, 0.1) is 13.7 Å². The monoisotopic (exact) mass is 262 g/mol. The van der Waals surface area contributed by atoms with E-state index in [1.54, 1.807) is 7.11 Å². The van der Waals surface area contributed by atoms with Gasteiger partial charge in [0.1, 0.15) is 6.33 Å². The molecule has 1 heterocycles. The van der Waals surface area contributed by atoms with Crippen LogP contribution in [-0.4, -0.2) is 28.9 Å². The van der Waals surface area contributed by atoms with Gasteiger partial charge in [-0.15, -0.1) is 0 Å². The van der Waals surface area contributed by atoms with E-state index in [4.69, 9.17) is 9.47 Å². The Labute approximate surface area is 112 Å². The fraction of sp³-hybridized carbons (Fsp3) is 0.385. The third kappa shape index (κ3) is 3.61. The topological polar surface area (TPSA) is 72.1 Å². The minimum Gasteiger partial charge on any atom is -0.493 e. The molecule has 0 radical (unpaired) electrons. The van der Waals surface area contributed by atoms with Crippen molar-refractivity contribution < 1.29 is 9.47 Å². The first-order chi connectivity index (χ1) is 9.33. The minimum absolute atomic E-state index is 0.639. The zero-order valence-corrected chi connectivity index (χ0v) is 11.1. The van der Waals surface area contributed by atoms with E-state index in [1.807, 2.05) is 18.2 Å². The average Bonchev–Trinajstić information content (AvgIpc) is 2.96. The second kappa shape index (κ2) is 6.63. The lowest BCUT2D eigenvalue weighted by molar-refractivity contribution is 0.294. The Bertz CT molecular complexity index is 499. The van der Waals surface area contributed by atoms with E-state index in [0.29, 0.717) is 19.1 Å². The molecule has 0 unspecified atom stereocenters. The molecule has 1 aromatic heterocycles. The average molecular weight is 262 g/mol. The van der Waals surface area contributed by atoms with E-state index >= 15 is 0 Å². The van der Waals surface area contributed by atoms with Gasteiger partial charge >= 0.3 is 0 Å². The highest BCUT2D eigenvalue weighted by Gasteiger charge is 2.05. The molecule has 0 saturated heterocycles. The molecular weight excluding hydrogens is 244 g/mol. The predicted molar refractivity (Wildman–Crippen MR) is 72.5 cm³/mol. The van der Waals surface area contributed by atoms with Crippen molar-refractivity contribution in [1.82, 2.24) is 15.2 Å². The van der Waals surface area contributed by atoms with E-state index in [0.717, 1.165) is 23.5 Å². The van der Waals surface area contributed by atoms with E-state index in [-0.39, 0.29) is 0 Å².